The number of nitrogens with zero attached hydrogens (tertiary/aromatic N) is 3. The van der Waals surface area contributed by atoms with E-state index in [2.05, 4.69) is 4.98 Å². The molecule has 0 saturated carbocycles. The molecule has 1 aliphatic heterocycles. The number of rotatable bonds is 3. The van der Waals surface area contributed by atoms with E-state index in [1.165, 1.54) is 0 Å². The maximum absolute atomic E-state index is 12.8. The topological polar surface area (TPSA) is 73.7 Å². The molecule has 142 valence electrons. The van der Waals surface area contributed by atoms with Crippen molar-refractivity contribution in [2.24, 2.45) is 0 Å². The van der Waals surface area contributed by atoms with Crippen molar-refractivity contribution in [3.05, 3.63) is 71.9 Å². The van der Waals surface area contributed by atoms with Crippen molar-refractivity contribution in [1.29, 1.82) is 0 Å². The van der Waals surface area contributed by atoms with Gasteiger partial charge in [-0.25, -0.2) is 0 Å². The molecule has 1 fully saturated rings. The summed E-state index contributed by atoms with van der Waals surface area (Å²) in [7, 11) is 0. The van der Waals surface area contributed by atoms with Crippen LogP contribution in [0.25, 0.3) is 10.9 Å². The first-order valence-corrected chi connectivity index (χ1v) is 9.30. The van der Waals surface area contributed by atoms with Gasteiger partial charge in [0.2, 0.25) is 5.91 Å². The Kier molecular flexibility index (Phi) is 4.93. The molecule has 6 heteroatoms. The van der Waals surface area contributed by atoms with E-state index in [1.807, 2.05) is 30.3 Å². The van der Waals surface area contributed by atoms with E-state index in [9.17, 15) is 14.7 Å². The van der Waals surface area contributed by atoms with E-state index in [0.717, 1.165) is 16.5 Å². The molecule has 1 N–H and O–H groups in total. The Morgan fingerprint density at radius 3 is 2.50 bits per heavy atom. The van der Waals surface area contributed by atoms with E-state index in [-0.39, 0.29) is 24.0 Å². The first-order valence-electron chi connectivity index (χ1n) is 9.30. The summed E-state index contributed by atoms with van der Waals surface area (Å²) in [5, 5.41) is 10.5. The maximum atomic E-state index is 12.8. The number of hydrogen-bond acceptors (Lipinski definition) is 4. The average Bonchev–Trinajstić information content (AvgIpc) is 2.73. The van der Waals surface area contributed by atoms with Gasteiger partial charge in [-0.15, -0.1) is 0 Å². The maximum Gasteiger partial charge on any atom is 0.253 e. The molecule has 0 aliphatic carbocycles. The molecule has 1 saturated heterocycles. The third-order valence-corrected chi connectivity index (χ3v) is 5.04. The highest BCUT2D eigenvalue weighted by atomic mass is 16.3. The van der Waals surface area contributed by atoms with Crippen LogP contribution < -0.4 is 0 Å². The standard InChI is InChI=1S/C22H21N3O3/c26-19-5-1-3-16(13-19)14-21(27)24-9-11-25(12-10-24)22(28)18-6-7-20-17(15-18)4-2-8-23-20/h1-8,13,15,26H,9-12,14H2. The Bertz CT molecular complexity index is 1030. The molecule has 1 aliphatic rings. The lowest BCUT2D eigenvalue weighted by Crippen LogP contribution is -2.51. The van der Waals surface area contributed by atoms with Gasteiger partial charge in [0.1, 0.15) is 5.75 Å². The van der Waals surface area contributed by atoms with Crippen molar-refractivity contribution < 1.29 is 14.7 Å². The number of fused-ring (bicyclic) bond motifs is 1. The van der Waals surface area contributed by atoms with Gasteiger partial charge in [-0.1, -0.05) is 18.2 Å². The number of phenols is 1. The predicted molar refractivity (Wildman–Crippen MR) is 106 cm³/mol. The minimum absolute atomic E-state index is 0.00878. The summed E-state index contributed by atoms with van der Waals surface area (Å²) in [6, 6.07) is 16.1. The number of phenolic OH excluding ortho intramolecular Hbond substituents is 1. The van der Waals surface area contributed by atoms with Crippen LogP contribution in [-0.4, -0.2) is 57.9 Å². The lowest BCUT2D eigenvalue weighted by molar-refractivity contribution is -0.131. The van der Waals surface area contributed by atoms with E-state index in [0.29, 0.717) is 31.7 Å². The summed E-state index contributed by atoms with van der Waals surface area (Å²) < 4.78 is 0. The average molecular weight is 375 g/mol. The second-order valence-electron chi connectivity index (χ2n) is 6.93. The lowest BCUT2D eigenvalue weighted by atomic mass is 10.1. The van der Waals surface area contributed by atoms with Gasteiger partial charge in [-0.2, -0.15) is 0 Å². The van der Waals surface area contributed by atoms with Crippen LogP contribution in [0.15, 0.2) is 60.8 Å². The molecule has 6 nitrogen and oxygen atoms in total. The van der Waals surface area contributed by atoms with E-state index >= 15 is 0 Å². The molecule has 2 aromatic carbocycles. The second kappa shape index (κ2) is 7.68. The Morgan fingerprint density at radius 2 is 1.71 bits per heavy atom. The highest BCUT2D eigenvalue weighted by molar-refractivity contribution is 5.98. The fourth-order valence-corrected chi connectivity index (χ4v) is 3.50. The number of aromatic nitrogens is 1. The molecule has 0 bridgehead atoms. The van der Waals surface area contributed by atoms with Crippen LogP contribution in [0.5, 0.6) is 5.75 Å². The number of amides is 2. The number of aromatic hydroxyl groups is 1. The number of pyridine rings is 1. The lowest BCUT2D eigenvalue weighted by Gasteiger charge is -2.35. The third kappa shape index (κ3) is 3.81. The van der Waals surface area contributed by atoms with Gasteiger partial charge in [0.15, 0.2) is 0 Å². The summed E-state index contributed by atoms with van der Waals surface area (Å²) in [6.45, 7) is 2.04. The summed E-state index contributed by atoms with van der Waals surface area (Å²) in [4.78, 5) is 33.2. The Labute approximate surface area is 163 Å². The molecule has 0 radical (unpaired) electrons. The second-order valence-corrected chi connectivity index (χ2v) is 6.93. The Balaban J connectivity index is 1.37. The molecular weight excluding hydrogens is 354 g/mol. The van der Waals surface area contributed by atoms with E-state index < -0.39 is 0 Å². The summed E-state index contributed by atoms with van der Waals surface area (Å²) in [5.74, 6) is 0.145. The zero-order chi connectivity index (χ0) is 19.5. The van der Waals surface area contributed by atoms with Crippen LogP contribution in [0.1, 0.15) is 15.9 Å². The highest BCUT2D eigenvalue weighted by Gasteiger charge is 2.25. The molecular formula is C22H21N3O3. The smallest absolute Gasteiger partial charge is 0.253 e. The number of hydrogen-bond donors (Lipinski definition) is 1. The predicted octanol–water partition coefficient (Wildman–Crippen LogP) is 2.47. The van der Waals surface area contributed by atoms with Crippen LogP contribution in [0, 0.1) is 0 Å². The van der Waals surface area contributed by atoms with Crippen molar-refractivity contribution in [3.63, 3.8) is 0 Å². The van der Waals surface area contributed by atoms with Gasteiger partial charge >= 0.3 is 0 Å². The van der Waals surface area contributed by atoms with Gasteiger partial charge in [0, 0.05) is 43.3 Å². The van der Waals surface area contributed by atoms with Crippen LogP contribution in [0.4, 0.5) is 0 Å². The Hall–Kier alpha value is -3.41. The molecule has 0 unspecified atom stereocenters. The molecule has 0 spiro atoms. The van der Waals surface area contributed by atoms with E-state index in [4.69, 9.17) is 0 Å². The summed E-state index contributed by atoms with van der Waals surface area (Å²) in [6.07, 6.45) is 1.98. The highest BCUT2D eigenvalue weighted by Crippen LogP contribution is 2.17. The molecule has 0 atom stereocenters. The Morgan fingerprint density at radius 1 is 0.929 bits per heavy atom. The fraction of sp³-hybridized carbons (Fsp3) is 0.227. The van der Waals surface area contributed by atoms with Crippen LogP contribution >= 0.6 is 0 Å². The van der Waals surface area contributed by atoms with Crippen LogP contribution in [0.3, 0.4) is 0 Å². The SMILES string of the molecule is O=C(Cc1cccc(O)c1)N1CCN(C(=O)c2ccc3ncccc3c2)CC1. The van der Waals surface area contributed by atoms with Gasteiger partial charge in [0.25, 0.3) is 5.91 Å². The van der Waals surface area contributed by atoms with Crippen molar-refractivity contribution in [2.75, 3.05) is 26.2 Å². The quantitative estimate of drug-likeness (QED) is 0.763. The minimum Gasteiger partial charge on any atom is -0.508 e. The molecule has 2 amide bonds. The zero-order valence-corrected chi connectivity index (χ0v) is 15.4. The van der Waals surface area contributed by atoms with Gasteiger partial charge in [-0.3, -0.25) is 14.6 Å². The van der Waals surface area contributed by atoms with Crippen molar-refractivity contribution in [3.8, 4) is 5.75 Å². The molecule has 2 heterocycles. The molecule has 3 aromatic rings. The minimum atomic E-state index is -0.0224. The number of carbonyl (C=O) groups is 2. The summed E-state index contributed by atoms with van der Waals surface area (Å²) in [5.41, 5.74) is 2.29. The number of carbonyl (C=O) groups excluding carboxylic acids is 2. The molecule has 4 rings (SSSR count). The fourth-order valence-electron chi connectivity index (χ4n) is 3.50. The third-order valence-electron chi connectivity index (χ3n) is 5.04. The first kappa shape index (κ1) is 18.0. The van der Waals surface area contributed by atoms with Crippen molar-refractivity contribution >= 4 is 22.7 Å². The van der Waals surface area contributed by atoms with Gasteiger partial charge in [-0.05, 0) is 42.0 Å². The van der Waals surface area contributed by atoms with Gasteiger partial charge < -0.3 is 14.9 Å². The number of piperazine rings is 1. The molecule has 28 heavy (non-hydrogen) atoms. The first-order chi connectivity index (χ1) is 13.6. The largest absolute Gasteiger partial charge is 0.508 e. The van der Waals surface area contributed by atoms with Gasteiger partial charge in [0.05, 0.1) is 11.9 Å². The zero-order valence-electron chi connectivity index (χ0n) is 15.4. The molecule has 1 aromatic heterocycles. The number of benzene rings is 2. The van der Waals surface area contributed by atoms with Crippen molar-refractivity contribution in [1.82, 2.24) is 14.8 Å². The summed E-state index contributed by atoms with van der Waals surface area (Å²) >= 11 is 0. The van der Waals surface area contributed by atoms with Crippen LogP contribution in [0.2, 0.25) is 0 Å². The monoisotopic (exact) mass is 375 g/mol. The van der Waals surface area contributed by atoms with Crippen molar-refractivity contribution in [2.45, 2.75) is 6.42 Å². The normalized spacial score (nSPS) is 14.3. The van der Waals surface area contributed by atoms with E-state index in [1.54, 1.807) is 40.3 Å². The van der Waals surface area contributed by atoms with Crippen LogP contribution in [-0.2, 0) is 11.2 Å².